The molecule has 0 spiro atoms. The molecule has 176 valence electrons. The van der Waals surface area contributed by atoms with Crippen LogP contribution in [0.4, 0.5) is 0 Å². The number of nitrogens with zero attached hydrogens (tertiary/aromatic N) is 3. The Morgan fingerprint density at radius 3 is 2.79 bits per heavy atom. The van der Waals surface area contributed by atoms with Gasteiger partial charge in [-0.3, -0.25) is 14.5 Å². The number of rotatable bonds is 3. The number of fused-ring (bicyclic) bond motifs is 8. The van der Waals surface area contributed by atoms with Gasteiger partial charge in [0.25, 0.3) is 0 Å². The fourth-order valence-electron chi connectivity index (χ4n) is 9.91. The van der Waals surface area contributed by atoms with E-state index in [9.17, 15) is 9.90 Å². The minimum absolute atomic E-state index is 0.174. The normalized spacial score (nSPS) is 48.0. The Hall–Kier alpha value is -1.75. The van der Waals surface area contributed by atoms with Gasteiger partial charge in [-0.25, -0.2) is 0 Å². The van der Waals surface area contributed by atoms with Crippen LogP contribution in [0.25, 0.3) is 10.9 Å². The highest BCUT2D eigenvalue weighted by molar-refractivity contribution is 5.84. The first-order chi connectivity index (χ1) is 15.8. The second-order valence-electron chi connectivity index (χ2n) is 12.9. The van der Waals surface area contributed by atoms with Crippen molar-refractivity contribution in [3.05, 3.63) is 24.7 Å². The maximum Gasteiger partial charge on any atom is 0.158 e. The van der Waals surface area contributed by atoms with Gasteiger partial charge in [0.2, 0.25) is 0 Å². The molecule has 0 unspecified atom stereocenters. The smallest absolute Gasteiger partial charge is 0.158 e. The zero-order valence-electron chi connectivity index (χ0n) is 20.0. The van der Waals surface area contributed by atoms with Gasteiger partial charge in [0.15, 0.2) is 5.78 Å². The van der Waals surface area contributed by atoms with E-state index in [1.54, 1.807) is 12.4 Å². The van der Waals surface area contributed by atoms with Gasteiger partial charge in [0.1, 0.15) is 5.52 Å². The van der Waals surface area contributed by atoms with Crippen LogP contribution in [-0.4, -0.2) is 31.3 Å². The summed E-state index contributed by atoms with van der Waals surface area (Å²) >= 11 is 0. The van der Waals surface area contributed by atoms with Crippen LogP contribution in [-0.2, 0) is 11.3 Å². The molecule has 0 radical (unpaired) electrons. The highest BCUT2D eigenvalue weighted by atomic mass is 16.3. The average Bonchev–Trinajstić information content (AvgIpc) is 3.31. The Balaban J connectivity index is 1.13. The van der Waals surface area contributed by atoms with Crippen molar-refractivity contribution >= 4 is 16.7 Å². The second kappa shape index (κ2) is 6.90. The van der Waals surface area contributed by atoms with E-state index in [4.69, 9.17) is 0 Å². The molecule has 2 aromatic heterocycles. The fraction of sp³-hybridized carbons (Fsp3) is 0.750. The molecule has 10 atom stereocenters. The molecule has 0 amide bonds. The minimum Gasteiger partial charge on any atom is -0.390 e. The van der Waals surface area contributed by atoms with E-state index in [2.05, 4.69) is 17.0 Å². The van der Waals surface area contributed by atoms with Crippen LogP contribution in [0.5, 0.6) is 0 Å². The first kappa shape index (κ1) is 20.6. The van der Waals surface area contributed by atoms with Gasteiger partial charge < -0.3 is 5.11 Å². The Morgan fingerprint density at radius 2 is 1.94 bits per heavy atom. The summed E-state index contributed by atoms with van der Waals surface area (Å²) in [7, 11) is 0. The number of hydrogen-bond donors (Lipinski definition) is 1. The quantitative estimate of drug-likeness (QED) is 0.728. The molecule has 2 aromatic rings. The SMILES string of the molecule is C[C@@]1(O)CC[C@H]2[C@H](CC[C@@H]3[C@@H]2CC[C@@]2(C)[C@H]3[C@@H]3C[C@@H]3[C@@H]2C(=O)Cn2cc3ccncc3n2)C1. The van der Waals surface area contributed by atoms with Crippen LogP contribution < -0.4 is 0 Å². The third kappa shape index (κ3) is 3.03. The Labute approximate surface area is 196 Å². The number of carbonyl (C=O) groups is 1. The summed E-state index contributed by atoms with van der Waals surface area (Å²) < 4.78 is 1.85. The van der Waals surface area contributed by atoms with Crippen LogP contribution in [0.15, 0.2) is 24.7 Å². The van der Waals surface area contributed by atoms with E-state index in [0.717, 1.165) is 59.3 Å². The third-order valence-electron chi connectivity index (χ3n) is 11.0. The lowest BCUT2D eigenvalue weighted by molar-refractivity contribution is -0.136. The highest BCUT2D eigenvalue weighted by Gasteiger charge is 2.70. The standard InChI is InChI=1S/C28H37N3O2/c1-27(33)8-5-18-16(12-27)3-4-20-19(18)6-9-28(2)25(20)21-11-22(21)26(28)24(32)15-31-14-17-7-10-29-13-23(17)30-31/h7,10,13-14,16,18-22,25-26,33H,3-6,8-9,11-12,15H2,1-2H3/t16-,18+,19-,20-,21-,22+,25-,26-,27-,28+/m1/s1. The number of pyridine rings is 1. The molecular formula is C28H37N3O2. The first-order valence-corrected chi connectivity index (χ1v) is 13.4. The van der Waals surface area contributed by atoms with Crippen molar-refractivity contribution < 1.29 is 9.90 Å². The summed E-state index contributed by atoms with van der Waals surface area (Å²) in [4.78, 5) is 17.9. The number of hydrogen-bond acceptors (Lipinski definition) is 4. The molecule has 5 heteroatoms. The molecule has 5 nitrogen and oxygen atoms in total. The van der Waals surface area contributed by atoms with Crippen LogP contribution in [0, 0.1) is 52.8 Å². The molecule has 1 N–H and O–H groups in total. The summed E-state index contributed by atoms with van der Waals surface area (Å²) in [6.07, 6.45) is 15.1. The molecule has 0 aliphatic heterocycles. The molecule has 0 saturated heterocycles. The lowest BCUT2D eigenvalue weighted by Gasteiger charge is -2.57. The molecule has 0 bridgehead atoms. The Morgan fingerprint density at radius 1 is 1.09 bits per heavy atom. The molecule has 5 saturated carbocycles. The minimum atomic E-state index is -0.447. The van der Waals surface area contributed by atoms with Crippen LogP contribution >= 0.6 is 0 Å². The molecule has 33 heavy (non-hydrogen) atoms. The monoisotopic (exact) mass is 447 g/mol. The predicted molar refractivity (Wildman–Crippen MR) is 126 cm³/mol. The van der Waals surface area contributed by atoms with Gasteiger partial charge in [-0.05, 0) is 111 Å². The van der Waals surface area contributed by atoms with Crippen molar-refractivity contribution in [1.29, 1.82) is 0 Å². The lowest BCUT2D eigenvalue weighted by Crippen LogP contribution is -2.52. The number of ketones is 1. The number of aliphatic hydroxyl groups is 1. The summed E-state index contributed by atoms with van der Waals surface area (Å²) in [6, 6.07) is 1.97. The molecule has 5 aliphatic carbocycles. The number of carbonyl (C=O) groups excluding carboxylic acids is 1. The van der Waals surface area contributed by atoms with Gasteiger partial charge in [-0.15, -0.1) is 0 Å². The van der Waals surface area contributed by atoms with Crippen LogP contribution in [0.2, 0.25) is 0 Å². The van der Waals surface area contributed by atoms with E-state index in [1.807, 2.05) is 23.9 Å². The van der Waals surface area contributed by atoms with Gasteiger partial charge in [-0.2, -0.15) is 5.10 Å². The summed E-state index contributed by atoms with van der Waals surface area (Å²) in [6.45, 7) is 4.93. The van der Waals surface area contributed by atoms with E-state index >= 15 is 0 Å². The number of aromatic nitrogens is 3. The summed E-state index contributed by atoms with van der Waals surface area (Å²) in [5.41, 5.74) is 0.595. The summed E-state index contributed by atoms with van der Waals surface area (Å²) in [5, 5.41) is 16.3. The van der Waals surface area contributed by atoms with E-state index in [1.165, 1.54) is 38.5 Å². The second-order valence-corrected chi connectivity index (χ2v) is 12.9. The summed E-state index contributed by atoms with van der Waals surface area (Å²) in [5.74, 6) is 5.92. The van der Waals surface area contributed by atoms with Crippen LogP contribution in [0.1, 0.15) is 65.2 Å². The fourth-order valence-corrected chi connectivity index (χ4v) is 9.91. The molecule has 5 fully saturated rings. The van der Waals surface area contributed by atoms with Gasteiger partial charge in [0.05, 0.1) is 18.3 Å². The topological polar surface area (TPSA) is 68.0 Å². The average molecular weight is 448 g/mol. The van der Waals surface area contributed by atoms with Crippen LogP contribution in [0.3, 0.4) is 0 Å². The van der Waals surface area contributed by atoms with Gasteiger partial charge >= 0.3 is 0 Å². The molecule has 0 aromatic carbocycles. The zero-order valence-corrected chi connectivity index (χ0v) is 20.0. The van der Waals surface area contributed by atoms with Gasteiger partial charge in [0, 0.05) is 23.7 Å². The van der Waals surface area contributed by atoms with E-state index in [-0.39, 0.29) is 11.3 Å². The molecular weight excluding hydrogens is 410 g/mol. The highest BCUT2D eigenvalue weighted by Crippen LogP contribution is 2.74. The van der Waals surface area contributed by atoms with Crippen molar-refractivity contribution in [2.24, 2.45) is 52.8 Å². The maximum absolute atomic E-state index is 13.7. The zero-order chi connectivity index (χ0) is 22.5. The number of Topliss-reactive ketones (excluding diaryl/α,β-unsaturated/α-hetero) is 1. The van der Waals surface area contributed by atoms with E-state index in [0.29, 0.717) is 18.2 Å². The Bertz CT molecular complexity index is 1070. The Kier molecular flexibility index (Phi) is 4.31. The maximum atomic E-state index is 13.7. The van der Waals surface area contributed by atoms with E-state index < -0.39 is 5.60 Å². The van der Waals surface area contributed by atoms with Crippen molar-refractivity contribution in [3.63, 3.8) is 0 Å². The first-order valence-electron chi connectivity index (χ1n) is 13.4. The largest absolute Gasteiger partial charge is 0.390 e. The molecule has 2 heterocycles. The van der Waals surface area contributed by atoms with Crippen molar-refractivity contribution in [2.75, 3.05) is 0 Å². The van der Waals surface area contributed by atoms with Crippen molar-refractivity contribution in [2.45, 2.75) is 77.4 Å². The third-order valence-corrected chi connectivity index (χ3v) is 11.0. The van der Waals surface area contributed by atoms with Gasteiger partial charge in [-0.1, -0.05) is 6.92 Å². The molecule has 5 aliphatic rings. The molecule has 7 rings (SSSR count). The van der Waals surface area contributed by atoms with Crippen molar-refractivity contribution in [1.82, 2.24) is 14.8 Å². The van der Waals surface area contributed by atoms with Crippen molar-refractivity contribution in [3.8, 4) is 0 Å². The lowest BCUT2D eigenvalue weighted by atomic mass is 9.48. The predicted octanol–water partition coefficient (Wildman–Crippen LogP) is 4.88.